The topological polar surface area (TPSA) is 85.3 Å². The molecular formula is C24H25NO6. The lowest BCUT2D eigenvalue weighted by molar-refractivity contribution is -0.140. The Morgan fingerprint density at radius 3 is 2.48 bits per heavy atom. The second-order valence-electron chi connectivity index (χ2n) is 7.44. The molecule has 2 heterocycles. The molecule has 162 valence electrons. The summed E-state index contributed by atoms with van der Waals surface area (Å²) in [4.78, 5) is 27.3. The zero-order chi connectivity index (χ0) is 22.0. The van der Waals surface area contributed by atoms with Crippen molar-refractivity contribution in [1.82, 2.24) is 4.90 Å². The van der Waals surface area contributed by atoms with Crippen LogP contribution in [0.2, 0.25) is 0 Å². The van der Waals surface area contributed by atoms with Gasteiger partial charge in [-0.15, -0.1) is 0 Å². The molecule has 1 saturated heterocycles. The summed E-state index contributed by atoms with van der Waals surface area (Å²) >= 11 is 0. The van der Waals surface area contributed by atoms with Gasteiger partial charge in [0.05, 0.1) is 18.2 Å². The number of ether oxygens (including phenoxy) is 3. The minimum absolute atomic E-state index is 0.0574. The van der Waals surface area contributed by atoms with E-state index in [1.807, 2.05) is 24.3 Å². The highest BCUT2D eigenvalue weighted by molar-refractivity contribution is 6.46. The Bertz CT molecular complexity index is 1030. The molecule has 2 aromatic carbocycles. The fourth-order valence-electron chi connectivity index (χ4n) is 3.93. The van der Waals surface area contributed by atoms with Crippen LogP contribution in [0.15, 0.2) is 48.0 Å². The van der Waals surface area contributed by atoms with Gasteiger partial charge in [0.1, 0.15) is 19.0 Å². The molecule has 1 N–H and O–H groups in total. The van der Waals surface area contributed by atoms with Gasteiger partial charge >= 0.3 is 0 Å². The Kier molecular flexibility index (Phi) is 5.95. The van der Waals surface area contributed by atoms with Crippen molar-refractivity contribution in [3.8, 4) is 11.5 Å². The summed E-state index contributed by atoms with van der Waals surface area (Å²) in [7, 11) is 1.54. The van der Waals surface area contributed by atoms with Crippen LogP contribution in [0.4, 0.5) is 0 Å². The number of rotatable bonds is 6. The molecule has 7 nitrogen and oxygen atoms in total. The normalized spacial score (nSPS) is 19.7. The van der Waals surface area contributed by atoms with E-state index in [0.717, 1.165) is 17.5 Å². The molecule has 1 fully saturated rings. The second kappa shape index (κ2) is 8.81. The first-order valence-corrected chi connectivity index (χ1v) is 10.3. The van der Waals surface area contributed by atoms with Crippen LogP contribution in [0, 0.1) is 0 Å². The first-order valence-electron chi connectivity index (χ1n) is 10.3. The summed E-state index contributed by atoms with van der Waals surface area (Å²) in [5.74, 6) is -0.531. The number of nitrogens with zero attached hydrogens (tertiary/aromatic N) is 1. The van der Waals surface area contributed by atoms with E-state index >= 15 is 0 Å². The average molecular weight is 423 g/mol. The number of aryl methyl sites for hydroxylation is 1. The molecular weight excluding hydrogens is 398 g/mol. The fourth-order valence-corrected chi connectivity index (χ4v) is 3.93. The van der Waals surface area contributed by atoms with Crippen LogP contribution >= 0.6 is 0 Å². The van der Waals surface area contributed by atoms with Crippen LogP contribution in [-0.4, -0.2) is 55.2 Å². The van der Waals surface area contributed by atoms with Crippen LogP contribution in [0.3, 0.4) is 0 Å². The van der Waals surface area contributed by atoms with Crippen molar-refractivity contribution in [1.29, 1.82) is 0 Å². The molecule has 0 spiro atoms. The van der Waals surface area contributed by atoms with Crippen LogP contribution in [0.1, 0.15) is 29.7 Å². The van der Waals surface area contributed by atoms with Crippen LogP contribution in [0.25, 0.3) is 5.76 Å². The quantitative estimate of drug-likeness (QED) is 0.437. The fraction of sp³-hybridized carbons (Fsp3) is 0.333. The summed E-state index contributed by atoms with van der Waals surface area (Å²) in [6, 6.07) is 12.0. The monoisotopic (exact) mass is 423 g/mol. The van der Waals surface area contributed by atoms with Crippen molar-refractivity contribution >= 4 is 17.4 Å². The maximum absolute atomic E-state index is 13.0. The van der Waals surface area contributed by atoms with Gasteiger partial charge in [-0.2, -0.15) is 0 Å². The molecule has 4 rings (SSSR count). The number of ketones is 1. The predicted molar refractivity (Wildman–Crippen MR) is 114 cm³/mol. The number of benzene rings is 2. The highest BCUT2D eigenvalue weighted by Gasteiger charge is 2.45. The molecule has 0 aliphatic carbocycles. The van der Waals surface area contributed by atoms with Crippen LogP contribution < -0.4 is 9.47 Å². The van der Waals surface area contributed by atoms with E-state index in [9.17, 15) is 14.7 Å². The van der Waals surface area contributed by atoms with Gasteiger partial charge in [-0.1, -0.05) is 31.2 Å². The molecule has 0 aromatic heterocycles. The molecule has 1 atom stereocenters. The van der Waals surface area contributed by atoms with Gasteiger partial charge in [-0.3, -0.25) is 9.59 Å². The number of likely N-dealkylation sites (tertiary alicyclic amines) is 1. The van der Waals surface area contributed by atoms with Gasteiger partial charge in [0.2, 0.25) is 0 Å². The van der Waals surface area contributed by atoms with Crippen LogP contribution in [-0.2, 0) is 20.7 Å². The largest absolute Gasteiger partial charge is 0.507 e. The number of methoxy groups -OCH3 is 1. The third kappa shape index (κ3) is 3.88. The molecule has 2 aliphatic rings. The number of fused-ring (bicyclic) bond motifs is 1. The lowest BCUT2D eigenvalue weighted by atomic mass is 9.94. The standard InChI is InChI=1S/C24H25NO6/c1-3-15-4-6-16(7-5-15)21-20(23(27)24(28)25(21)10-11-29-2)22(26)17-8-9-18-19(14-17)31-13-12-30-18/h4-9,14,21,26H,3,10-13H2,1-2H3/b22-20-. The van der Waals surface area contributed by atoms with Gasteiger partial charge < -0.3 is 24.2 Å². The summed E-state index contributed by atoms with van der Waals surface area (Å²) in [5, 5.41) is 11.1. The van der Waals surface area contributed by atoms with E-state index in [4.69, 9.17) is 14.2 Å². The van der Waals surface area contributed by atoms with Gasteiger partial charge in [0.25, 0.3) is 11.7 Å². The van der Waals surface area contributed by atoms with Crippen LogP contribution in [0.5, 0.6) is 11.5 Å². The van der Waals surface area contributed by atoms with Crippen molar-refractivity contribution in [3.63, 3.8) is 0 Å². The molecule has 2 aliphatic heterocycles. The van der Waals surface area contributed by atoms with E-state index in [1.54, 1.807) is 18.2 Å². The van der Waals surface area contributed by atoms with Crippen molar-refractivity contribution < 1.29 is 28.9 Å². The number of aliphatic hydroxyl groups is 1. The molecule has 31 heavy (non-hydrogen) atoms. The third-order valence-corrected chi connectivity index (χ3v) is 5.60. The van der Waals surface area contributed by atoms with E-state index in [2.05, 4.69) is 6.92 Å². The smallest absolute Gasteiger partial charge is 0.295 e. The van der Waals surface area contributed by atoms with Gasteiger partial charge in [-0.05, 0) is 35.7 Å². The third-order valence-electron chi connectivity index (χ3n) is 5.60. The minimum Gasteiger partial charge on any atom is -0.507 e. The molecule has 0 saturated carbocycles. The first kappa shape index (κ1) is 20.9. The van der Waals surface area contributed by atoms with Gasteiger partial charge in [0, 0.05) is 19.2 Å². The lowest BCUT2D eigenvalue weighted by Crippen LogP contribution is -2.32. The first-order chi connectivity index (χ1) is 15.0. The number of Topliss-reactive ketones (excluding diaryl/α,β-unsaturated/α-hetero) is 1. The molecule has 7 heteroatoms. The van der Waals surface area contributed by atoms with Crippen molar-refractivity contribution in [3.05, 3.63) is 64.7 Å². The second-order valence-corrected chi connectivity index (χ2v) is 7.44. The van der Waals surface area contributed by atoms with Crippen molar-refractivity contribution in [2.75, 3.05) is 33.5 Å². The summed E-state index contributed by atoms with van der Waals surface area (Å²) in [6.45, 7) is 3.43. The number of hydrogen-bond donors (Lipinski definition) is 1. The molecule has 1 unspecified atom stereocenters. The number of amides is 1. The number of carbonyl (C=O) groups excluding carboxylic acids is 2. The Hall–Kier alpha value is -3.32. The molecule has 0 bridgehead atoms. The molecule has 2 aromatic rings. The number of aliphatic hydroxyl groups excluding tert-OH is 1. The Morgan fingerprint density at radius 1 is 1.10 bits per heavy atom. The summed E-state index contributed by atoms with van der Waals surface area (Å²) in [5.41, 5.74) is 2.35. The highest BCUT2D eigenvalue weighted by atomic mass is 16.6. The Morgan fingerprint density at radius 2 is 1.81 bits per heavy atom. The Balaban J connectivity index is 1.81. The number of carbonyl (C=O) groups is 2. The lowest BCUT2D eigenvalue weighted by Gasteiger charge is -2.25. The molecule has 0 radical (unpaired) electrons. The maximum Gasteiger partial charge on any atom is 0.295 e. The van der Waals surface area contributed by atoms with Crippen molar-refractivity contribution in [2.45, 2.75) is 19.4 Å². The SMILES string of the molecule is CCc1ccc(C2/C(=C(/O)c3ccc4c(c3)OCCO4)C(=O)C(=O)N2CCOC)cc1. The predicted octanol–water partition coefficient (Wildman–Crippen LogP) is 3.09. The zero-order valence-corrected chi connectivity index (χ0v) is 17.6. The van der Waals surface area contributed by atoms with Gasteiger partial charge in [-0.25, -0.2) is 0 Å². The van der Waals surface area contributed by atoms with E-state index < -0.39 is 17.7 Å². The van der Waals surface area contributed by atoms with E-state index in [0.29, 0.717) is 30.3 Å². The maximum atomic E-state index is 13.0. The highest BCUT2D eigenvalue weighted by Crippen LogP contribution is 2.41. The van der Waals surface area contributed by atoms with E-state index in [1.165, 1.54) is 12.0 Å². The summed E-state index contributed by atoms with van der Waals surface area (Å²) in [6.07, 6.45) is 0.876. The minimum atomic E-state index is -0.715. The molecule has 1 amide bonds. The summed E-state index contributed by atoms with van der Waals surface area (Å²) < 4.78 is 16.3. The van der Waals surface area contributed by atoms with E-state index in [-0.39, 0.29) is 24.5 Å². The van der Waals surface area contributed by atoms with Gasteiger partial charge in [0.15, 0.2) is 11.5 Å². The average Bonchev–Trinajstić information content (AvgIpc) is 3.06. The number of hydrogen-bond acceptors (Lipinski definition) is 6. The zero-order valence-electron chi connectivity index (χ0n) is 17.6. The van der Waals surface area contributed by atoms with Crippen molar-refractivity contribution in [2.24, 2.45) is 0 Å². The Labute approximate surface area is 180 Å².